The highest BCUT2D eigenvalue weighted by Crippen LogP contribution is 2.24. The minimum atomic E-state index is -1.18. The van der Waals surface area contributed by atoms with Crippen molar-refractivity contribution < 1.29 is 13.2 Å². The molecule has 2 rings (SSSR count). The Balaban J connectivity index is 2.32. The molecule has 19 heavy (non-hydrogen) atoms. The Morgan fingerprint density at radius 3 is 2.47 bits per heavy atom. The van der Waals surface area contributed by atoms with Gasteiger partial charge >= 0.3 is 0 Å². The molecule has 0 fully saturated rings. The van der Waals surface area contributed by atoms with Gasteiger partial charge in [0.1, 0.15) is 5.82 Å². The second-order valence-electron chi connectivity index (χ2n) is 4.41. The highest BCUT2D eigenvalue weighted by Gasteiger charge is 2.10. The van der Waals surface area contributed by atoms with Crippen LogP contribution >= 0.6 is 0 Å². The zero-order valence-corrected chi connectivity index (χ0v) is 10.6. The molecule has 0 unspecified atom stereocenters. The van der Waals surface area contributed by atoms with Gasteiger partial charge in [-0.25, -0.2) is 13.8 Å². The Kier molecular flexibility index (Phi) is 4.20. The highest BCUT2D eigenvalue weighted by molar-refractivity contribution is 5.63. The fraction of sp³-hybridized carbons (Fsp3) is 0.267. The molecule has 1 aromatic heterocycles. The van der Waals surface area contributed by atoms with Crippen LogP contribution in [0.1, 0.15) is 25.3 Å². The molecule has 0 aliphatic rings. The van der Waals surface area contributed by atoms with Crippen LogP contribution in [0.5, 0.6) is 0 Å². The molecular formula is C15H14F3N. The minimum absolute atomic E-state index is 0.228. The monoisotopic (exact) mass is 265 g/mol. The van der Waals surface area contributed by atoms with E-state index in [1.807, 2.05) is 0 Å². The maximum atomic E-state index is 14.0. The van der Waals surface area contributed by atoms with Gasteiger partial charge in [0.25, 0.3) is 0 Å². The van der Waals surface area contributed by atoms with Crippen LogP contribution < -0.4 is 0 Å². The third kappa shape index (κ3) is 3.13. The third-order valence-corrected chi connectivity index (χ3v) is 2.96. The zero-order chi connectivity index (χ0) is 13.8. The molecule has 1 aromatic carbocycles. The van der Waals surface area contributed by atoms with Crippen molar-refractivity contribution in [3.63, 3.8) is 0 Å². The maximum absolute atomic E-state index is 14.0. The van der Waals surface area contributed by atoms with Gasteiger partial charge in [-0.3, -0.25) is 0 Å². The van der Waals surface area contributed by atoms with E-state index in [-0.39, 0.29) is 11.1 Å². The summed E-state index contributed by atoms with van der Waals surface area (Å²) in [6, 6.07) is 5.77. The summed E-state index contributed by atoms with van der Waals surface area (Å²) in [5.41, 5.74) is 1.36. The van der Waals surface area contributed by atoms with E-state index >= 15 is 0 Å². The zero-order valence-electron chi connectivity index (χ0n) is 10.6. The lowest BCUT2D eigenvalue weighted by Gasteiger charge is -2.06. The molecule has 0 spiro atoms. The summed E-state index contributed by atoms with van der Waals surface area (Å²) in [5, 5.41) is 0. The van der Waals surface area contributed by atoms with E-state index in [1.165, 1.54) is 6.07 Å². The largest absolute Gasteiger partial charge is 0.248 e. The molecule has 0 aliphatic heterocycles. The Morgan fingerprint density at radius 1 is 1.05 bits per heavy atom. The lowest BCUT2D eigenvalue weighted by atomic mass is 10.0. The van der Waals surface area contributed by atoms with Gasteiger partial charge in [-0.2, -0.15) is 4.39 Å². The third-order valence-electron chi connectivity index (χ3n) is 2.96. The minimum Gasteiger partial charge on any atom is -0.225 e. The molecule has 0 radical (unpaired) electrons. The van der Waals surface area contributed by atoms with E-state index in [4.69, 9.17) is 0 Å². The number of benzene rings is 1. The quantitative estimate of drug-likeness (QED) is 0.741. The maximum Gasteiger partial charge on any atom is 0.248 e. The van der Waals surface area contributed by atoms with Gasteiger partial charge in [0.2, 0.25) is 5.95 Å². The van der Waals surface area contributed by atoms with Crippen molar-refractivity contribution in [3.8, 4) is 11.1 Å². The molecule has 0 N–H and O–H groups in total. The molecule has 0 saturated heterocycles. The van der Waals surface area contributed by atoms with Gasteiger partial charge < -0.3 is 0 Å². The van der Waals surface area contributed by atoms with E-state index in [0.29, 0.717) is 0 Å². The number of rotatable bonds is 4. The number of aryl methyl sites for hydroxylation is 1. The van der Waals surface area contributed by atoms with Crippen LogP contribution in [0.4, 0.5) is 13.2 Å². The molecule has 1 heterocycles. The van der Waals surface area contributed by atoms with E-state index < -0.39 is 17.6 Å². The van der Waals surface area contributed by atoms with Gasteiger partial charge in [-0.05, 0) is 30.5 Å². The van der Waals surface area contributed by atoms with E-state index in [0.717, 1.165) is 37.1 Å². The normalized spacial score (nSPS) is 10.7. The number of nitrogens with zero attached hydrogens (tertiary/aromatic N) is 1. The molecule has 100 valence electrons. The second-order valence-corrected chi connectivity index (χ2v) is 4.41. The Morgan fingerprint density at radius 2 is 1.84 bits per heavy atom. The number of pyridine rings is 1. The topological polar surface area (TPSA) is 12.9 Å². The van der Waals surface area contributed by atoms with Crippen molar-refractivity contribution in [2.75, 3.05) is 0 Å². The molecule has 1 nitrogen and oxygen atoms in total. The predicted octanol–water partition coefficient (Wildman–Crippen LogP) is 4.51. The average Bonchev–Trinajstić information content (AvgIpc) is 2.40. The SMILES string of the molecule is CCCCc1ccc(-c2cnc(F)c(F)c2)c(F)c1. The van der Waals surface area contributed by atoms with Gasteiger partial charge in [0.05, 0.1) is 0 Å². The van der Waals surface area contributed by atoms with E-state index in [9.17, 15) is 13.2 Å². The van der Waals surface area contributed by atoms with Crippen molar-refractivity contribution in [3.05, 3.63) is 53.6 Å². The standard InChI is InChI=1S/C15H14F3N/c1-2-3-4-10-5-6-12(13(16)7-10)11-8-14(17)15(18)19-9-11/h5-9H,2-4H2,1H3. The Bertz CT molecular complexity index is 582. The summed E-state index contributed by atoms with van der Waals surface area (Å²) >= 11 is 0. The van der Waals surface area contributed by atoms with E-state index in [1.54, 1.807) is 12.1 Å². The van der Waals surface area contributed by atoms with Crippen molar-refractivity contribution in [1.29, 1.82) is 0 Å². The van der Waals surface area contributed by atoms with Crippen LogP contribution in [0.2, 0.25) is 0 Å². The van der Waals surface area contributed by atoms with Crippen molar-refractivity contribution in [2.24, 2.45) is 0 Å². The highest BCUT2D eigenvalue weighted by atomic mass is 19.2. The van der Waals surface area contributed by atoms with Crippen LogP contribution in [0, 0.1) is 17.6 Å². The Hall–Kier alpha value is -1.84. The molecule has 0 aliphatic carbocycles. The Labute approximate surface area is 110 Å². The summed E-state index contributed by atoms with van der Waals surface area (Å²) in [4.78, 5) is 3.26. The average molecular weight is 265 g/mol. The number of aromatic nitrogens is 1. The van der Waals surface area contributed by atoms with Crippen LogP contribution in [0.3, 0.4) is 0 Å². The first-order chi connectivity index (χ1) is 9.11. The summed E-state index contributed by atoms with van der Waals surface area (Å²) < 4.78 is 39.8. The van der Waals surface area contributed by atoms with Crippen molar-refractivity contribution in [1.82, 2.24) is 4.98 Å². The molecule has 2 aromatic rings. The first-order valence-electron chi connectivity index (χ1n) is 6.21. The second kappa shape index (κ2) is 5.87. The molecular weight excluding hydrogens is 251 g/mol. The fourth-order valence-corrected chi connectivity index (χ4v) is 1.90. The van der Waals surface area contributed by atoms with Crippen LogP contribution in [0.15, 0.2) is 30.5 Å². The summed E-state index contributed by atoms with van der Waals surface area (Å²) in [6.07, 6.45) is 3.97. The first-order valence-corrected chi connectivity index (χ1v) is 6.21. The smallest absolute Gasteiger partial charge is 0.225 e. The van der Waals surface area contributed by atoms with Crippen molar-refractivity contribution in [2.45, 2.75) is 26.2 Å². The lowest BCUT2D eigenvalue weighted by Crippen LogP contribution is -1.94. The van der Waals surface area contributed by atoms with Crippen LogP contribution in [-0.2, 0) is 6.42 Å². The van der Waals surface area contributed by atoms with Gasteiger partial charge in [0.15, 0.2) is 5.82 Å². The summed E-state index contributed by atoms with van der Waals surface area (Å²) in [5.74, 6) is -2.70. The van der Waals surface area contributed by atoms with E-state index in [2.05, 4.69) is 11.9 Å². The van der Waals surface area contributed by atoms with Gasteiger partial charge in [-0.1, -0.05) is 25.5 Å². The summed E-state index contributed by atoms with van der Waals surface area (Å²) in [7, 11) is 0. The van der Waals surface area contributed by atoms with Crippen LogP contribution in [0.25, 0.3) is 11.1 Å². The van der Waals surface area contributed by atoms with Crippen molar-refractivity contribution >= 4 is 0 Å². The van der Waals surface area contributed by atoms with Crippen LogP contribution in [-0.4, -0.2) is 4.98 Å². The number of hydrogen-bond donors (Lipinski definition) is 0. The number of hydrogen-bond acceptors (Lipinski definition) is 1. The predicted molar refractivity (Wildman–Crippen MR) is 68.2 cm³/mol. The molecule has 0 saturated carbocycles. The fourth-order valence-electron chi connectivity index (χ4n) is 1.90. The molecule has 0 amide bonds. The number of unbranched alkanes of at least 4 members (excludes halogenated alkanes) is 1. The molecule has 0 bridgehead atoms. The van der Waals surface area contributed by atoms with Gasteiger partial charge in [0, 0.05) is 17.3 Å². The first kappa shape index (κ1) is 13.6. The molecule has 0 atom stereocenters. The van der Waals surface area contributed by atoms with Gasteiger partial charge in [-0.15, -0.1) is 0 Å². The molecule has 4 heteroatoms. The summed E-state index contributed by atoms with van der Waals surface area (Å²) in [6.45, 7) is 2.07. The lowest BCUT2D eigenvalue weighted by molar-refractivity contribution is 0.479. The number of halogens is 3.